The Kier molecular flexibility index (Phi) is 4.48. The average molecular weight is 281 g/mol. The second-order valence-electron chi connectivity index (χ2n) is 3.93. The Bertz CT molecular complexity index is 498. The van der Waals surface area contributed by atoms with Gasteiger partial charge in [0.15, 0.2) is 4.34 Å². The van der Waals surface area contributed by atoms with E-state index >= 15 is 0 Å². The molecule has 0 aliphatic heterocycles. The molecule has 0 fully saturated rings. The second-order valence-corrected chi connectivity index (χ2v) is 6.00. The molecule has 0 aromatic carbocycles. The van der Waals surface area contributed by atoms with E-state index in [0.29, 0.717) is 5.92 Å². The maximum atomic E-state index is 4.37. The molecule has 0 bridgehead atoms. The molecular formula is C11H15N5S2. The Hall–Kier alpha value is -1.21. The third kappa shape index (κ3) is 2.97. The van der Waals surface area contributed by atoms with Crippen molar-refractivity contribution in [2.24, 2.45) is 0 Å². The molecule has 0 spiro atoms. The molecular weight excluding hydrogens is 266 g/mol. The van der Waals surface area contributed by atoms with Gasteiger partial charge in [-0.25, -0.2) is 9.97 Å². The molecule has 5 nitrogen and oxygen atoms in total. The number of aromatic nitrogens is 4. The molecule has 0 aliphatic carbocycles. The van der Waals surface area contributed by atoms with E-state index in [-0.39, 0.29) is 0 Å². The summed E-state index contributed by atoms with van der Waals surface area (Å²) >= 11 is 3.06. The summed E-state index contributed by atoms with van der Waals surface area (Å²) < 4.78 is 0.901. The molecule has 18 heavy (non-hydrogen) atoms. The van der Waals surface area contributed by atoms with Crippen LogP contribution in [0.2, 0.25) is 0 Å². The van der Waals surface area contributed by atoms with Crippen LogP contribution in [-0.2, 0) is 0 Å². The molecule has 7 heteroatoms. The van der Waals surface area contributed by atoms with Crippen LogP contribution in [0.15, 0.2) is 21.2 Å². The van der Waals surface area contributed by atoms with Gasteiger partial charge in [-0.15, -0.1) is 10.2 Å². The van der Waals surface area contributed by atoms with Crippen LogP contribution in [-0.4, -0.2) is 26.7 Å². The quantitative estimate of drug-likeness (QED) is 0.850. The van der Waals surface area contributed by atoms with Crippen molar-refractivity contribution in [1.82, 2.24) is 20.2 Å². The first kappa shape index (κ1) is 13.2. The highest BCUT2D eigenvalue weighted by molar-refractivity contribution is 8.01. The van der Waals surface area contributed by atoms with Gasteiger partial charge in [0.25, 0.3) is 0 Å². The predicted octanol–water partition coefficient (Wildman–Crippen LogP) is 3.03. The third-order valence-electron chi connectivity index (χ3n) is 2.29. The lowest BCUT2D eigenvalue weighted by Crippen LogP contribution is -2.07. The minimum Gasteiger partial charge on any atom is -0.370 e. The van der Waals surface area contributed by atoms with Gasteiger partial charge in [0.1, 0.15) is 22.7 Å². The van der Waals surface area contributed by atoms with E-state index in [4.69, 9.17) is 0 Å². The summed E-state index contributed by atoms with van der Waals surface area (Å²) in [7, 11) is 0. The molecule has 0 atom stereocenters. The summed E-state index contributed by atoms with van der Waals surface area (Å²) in [5, 5.41) is 12.1. The molecule has 1 N–H and O–H groups in total. The van der Waals surface area contributed by atoms with Crippen LogP contribution in [0.25, 0.3) is 0 Å². The number of hydrogen-bond acceptors (Lipinski definition) is 7. The van der Waals surface area contributed by atoms with Gasteiger partial charge < -0.3 is 5.32 Å². The summed E-state index contributed by atoms with van der Waals surface area (Å²) in [5.41, 5.74) is 2.86. The molecule has 2 rings (SSSR count). The number of nitrogens with zero attached hydrogens (tertiary/aromatic N) is 4. The van der Waals surface area contributed by atoms with E-state index in [9.17, 15) is 0 Å². The molecule has 0 saturated carbocycles. The molecule has 2 aromatic rings. The first-order chi connectivity index (χ1) is 8.72. The zero-order valence-electron chi connectivity index (χ0n) is 10.5. The van der Waals surface area contributed by atoms with Gasteiger partial charge in [0.2, 0.25) is 0 Å². The topological polar surface area (TPSA) is 63.6 Å². The summed E-state index contributed by atoms with van der Waals surface area (Å²) in [6, 6.07) is 0. The van der Waals surface area contributed by atoms with Crippen molar-refractivity contribution in [3.05, 3.63) is 17.4 Å². The zero-order valence-corrected chi connectivity index (χ0v) is 12.2. The fraction of sp³-hybridized carbons (Fsp3) is 0.455. The monoisotopic (exact) mass is 281 g/mol. The molecule has 0 radical (unpaired) electrons. The van der Waals surface area contributed by atoms with Crippen molar-refractivity contribution in [1.29, 1.82) is 0 Å². The predicted molar refractivity (Wildman–Crippen MR) is 74.3 cm³/mol. The molecule has 2 aromatic heterocycles. The standard InChI is InChI=1S/C11H15N5S2/c1-4-12-9-8(7(2)3)10(14-5-13-9)18-11-16-15-6-17-11/h5-7H,4H2,1-3H3,(H,12,13,14). The van der Waals surface area contributed by atoms with E-state index in [1.165, 1.54) is 11.3 Å². The lowest BCUT2D eigenvalue weighted by atomic mass is 10.1. The van der Waals surface area contributed by atoms with Gasteiger partial charge >= 0.3 is 0 Å². The maximum Gasteiger partial charge on any atom is 0.180 e. The highest BCUT2D eigenvalue weighted by Crippen LogP contribution is 2.35. The third-order valence-corrected chi connectivity index (χ3v) is 4.09. The Morgan fingerprint density at radius 3 is 2.83 bits per heavy atom. The van der Waals surface area contributed by atoms with Gasteiger partial charge in [-0.05, 0) is 24.6 Å². The highest BCUT2D eigenvalue weighted by Gasteiger charge is 2.16. The van der Waals surface area contributed by atoms with Crippen LogP contribution in [0.5, 0.6) is 0 Å². The van der Waals surface area contributed by atoms with E-state index in [0.717, 1.165) is 27.3 Å². The van der Waals surface area contributed by atoms with Crippen molar-refractivity contribution in [3.8, 4) is 0 Å². The van der Waals surface area contributed by atoms with E-state index in [1.807, 2.05) is 0 Å². The maximum absolute atomic E-state index is 4.37. The Balaban J connectivity index is 2.36. The largest absolute Gasteiger partial charge is 0.370 e. The minimum atomic E-state index is 0.357. The Morgan fingerprint density at radius 1 is 1.39 bits per heavy atom. The second kappa shape index (κ2) is 6.10. The van der Waals surface area contributed by atoms with Crippen molar-refractivity contribution in [2.45, 2.75) is 36.1 Å². The molecule has 0 unspecified atom stereocenters. The summed E-state index contributed by atoms with van der Waals surface area (Å²) in [6.45, 7) is 7.19. The lowest BCUT2D eigenvalue weighted by molar-refractivity contribution is 0.803. The number of nitrogens with one attached hydrogen (secondary N) is 1. The summed E-state index contributed by atoms with van der Waals surface area (Å²) in [4.78, 5) is 8.68. The lowest BCUT2D eigenvalue weighted by Gasteiger charge is -2.15. The minimum absolute atomic E-state index is 0.357. The van der Waals surface area contributed by atoms with Crippen LogP contribution in [0.4, 0.5) is 5.82 Å². The Morgan fingerprint density at radius 2 is 2.22 bits per heavy atom. The number of rotatable bonds is 5. The molecule has 2 heterocycles. The molecule has 96 valence electrons. The van der Waals surface area contributed by atoms with E-state index < -0.39 is 0 Å². The van der Waals surface area contributed by atoms with E-state index in [2.05, 4.69) is 46.3 Å². The van der Waals surface area contributed by atoms with E-state index in [1.54, 1.807) is 23.6 Å². The normalized spacial score (nSPS) is 10.9. The SMILES string of the molecule is CCNc1ncnc(Sc2nncs2)c1C(C)C. The van der Waals surface area contributed by atoms with Crippen LogP contribution in [0.3, 0.4) is 0 Å². The van der Waals surface area contributed by atoms with Gasteiger partial charge in [0, 0.05) is 12.1 Å². The fourth-order valence-electron chi connectivity index (χ4n) is 1.58. The summed E-state index contributed by atoms with van der Waals surface area (Å²) in [6.07, 6.45) is 1.59. The van der Waals surface area contributed by atoms with Crippen LogP contribution >= 0.6 is 23.1 Å². The zero-order chi connectivity index (χ0) is 13.0. The average Bonchev–Trinajstić information content (AvgIpc) is 2.82. The summed E-state index contributed by atoms with van der Waals surface area (Å²) in [5.74, 6) is 1.27. The van der Waals surface area contributed by atoms with Crippen LogP contribution in [0, 0.1) is 0 Å². The molecule has 0 amide bonds. The van der Waals surface area contributed by atoms with Crippen LogP contribution < -0.4 is 5.32 Å². The van der Waals surface area contributed by atoms with Gasteiger partial charge in [0.05, 0.1) is 0 Å². The highest BCUT2D eigenvalue weighted by atomic mass is 32.2. The van der Waals surface area contributed by atoms with Gasteiger partial charge in [-0.3, -0.25) is 0 Å². The van der Waals surface area contributed by atoms with Gasteiger partial charge in [-0.2, -0.15) is 0 Å². The Labute approximate surface area is 114 Å². The van der Waals surface area contributed by atoms with Gasteiger partial charge in [-0.1, -0.05) is 25.2 Å². The smallest absolute Gasteiger partial charge is 0.180 e. The van der Waals surface area contributed by atoms with Crippen LogP contribution in [0.1, 0.15) is 32.3 Å². The van der Waals surface area contributed by atoms with Crippen molar-refractivity contribution < 1.29 is 0 Å². The number of anilines is 1. The first-order valence-electron chi connectivity index (χ1n) is 5.75. The number of hydrogen-bond donors (Lipinski definition) is 1. The first-order valence-corrected chi connectivity index (χ1v) is 7.44. The van der Waals surface area contributed by atoms with Crippen molar-refractivity contribution >= 4 is 28.9 Å². The molecule has 0 saturated heterocycles. The molecule has 0 aliphatic rings. The van der Waals surface area contributed by atoms with Crippen molar-refractivity contribution in [3.63, 3.8) is 0 Å². The fourth-order valence-corrected chi connectivity index (χ4v) is 3.21. The van der Waals surface area contributed by atoms with Crippen molar-refractivity contribution in [2.75, 3.05) is 11.9 Å².